The second-order valence-corrected chi connectivity index (χ2v) is 3.88. The molecule has 0 fully saturated rings. The van der Waals surface area contributed by atoms with E-state index in [1.165, 1.54) is 19.3 Å². The summed E-state index contributed by atoms with van der Waals surface area (Å²) in [6, 6.07) is 2.14. The van der Waals surface area contributed by atoms with Crippen LogP contribution in [0.3, 0.4) is 0 Å². The average molecular weight is 211 g/mol. The molecule has 0 aromatic rings. The van der Waals surface area contributed by atoms with E-state index >= 15 is 0 Å². The van der Waals surface area contributed by atoms with Crippen molar-refractivity contribution in [1.82, 2.24) is 0 Å². The fraction of sp³-hybridized carbons (Fsp3) is 0.833. The molecule has 0 radical (unpaired) electrons. The quantitative estimate of drug-likeness (QED) is 0.562. The first-order valence-corrected chi connectivity index (χ1v) is 5.86. The number of rotatable bonds is 10. The van der Waals surface area contributed by atoms with Crippen LogP contribution in [0.4, 0.5) is 0 Å². The van der Waals surface area contributed by atoms with Crippen molar-refractivity contribution < 1.29 is 9.90 Å². The highest BCUT2D eigenvalue weighted by atomic mass is 16.4. The van der Waals surface area contributed by atoms with Crippen molar-refractivity contribution in [3.05, 3.63) is 0 Å². The second-order valence-electron chi connectivity index (χ2n) is 3.88. The van der Waals surface area contributed by atoms with E-state index in [-0.39, 0.29) is 0 Å². The predicted molar refractivity (Wildman–Crippen MR) is 59.4 cm³/mol. The molecular formula is C12H21NO2. The van der Waals surface area contributed by atoms with Crippen molar-refractivity contribution in [3.63, 3.8) is 0 Å². The van der Waals surface area contributed by atoms with Gasteiger partial charge in [-0.3, -0.25) is 4.79 Å². The smallest absolute Gasteiger partial charge is 0.303 e. The standard InChI is InChI=1S/C12H21NO2/c13-11-9-7-5-3-1-2-4-6-8-10-12(14)15/h1-10H2,(H,14,15). The maximum atomic E-state index is 10.2. The van der Waals surface area contributed by atoms with Crippen LogP contribution in [0.2, 0.25) is 0 Å². The molecule has 86 valence electrons. The van der Waals surface area contributed by atoms with Gasteiger partial charge in [0, 0.05) is 12.8 Å². The highest BCUT2D eigenvalue weighted by Crippen LogP contribution is 2.10. The van der Waals surface area contributed by atoms with E-state index in [2.05, 4.69) is 6.07 Å². The highest BCUT2D eigenvalue weighted by molar-refractivity contribution is 5.66. The van der Waals surface area contributed by atoms with E-state index in [1.807, 2.05) is 0 Å². The largest absolute Gasteiger partial charge is 0.481 e. The Labute approximate surface area is 92.1 Å². The number of carboxylic acids is 1. The van der Waals surface area contributed by atoms with Gasteiger partial charge in [0.2, 0.25) is 0 Å². The molecule has 0 heterocycles. The van der Waals surface area contributed by atoms with Gasteiger partial charge in [0.1, 0.15) is 0 Å². The average Bonchev–Trinajstić information content (AvgIpc) is 2.20. The molecule has 0 amide bonds. The van der Waals surface area contributed by atoms with Crippen molar-refractivity contribution in [2.75, 3.05) is 0 Å². The van der Waals surface area contributed by atoms with Crippen LogP contribution in [0.5, 0.6) is 0 Å². The summed E-state index contributed by atoms with van der Waals surface area (Å²) in [6.45, 7) is 0. The molecular weight excluding hydrogens is 190 g/mol. The van der Waals surface area contributed by atoms with Crippen LogP contribution in [-0.4, -0.2) is 11.1 Å². The molecule has 0 atom stereocenters. The molecule has 0 rings (SSSR count). The summed E-state index contributed by atoms with van der Waals surface area (Å²) < 4.78 is 0. The first-order valence-electron chi connectivity index (χ1n) is 5.86. The molecule has 0 aliphatic rings. The van der Waals surface area contributed by atoms with Crippen LogP contribution in [0.15, 0.2) is 0 Å². The van der Waals surface area contributed by atoms with Crippen LogP contribution in [0.25, 0.3) is 0 Å². The monoisotopic (exact) mass is 211 g/mol. The van der Waals surface area contributed by atoms with E-state index in [9.17, 15) is 4.79 Å². The molecule has 0 saturated heterocycles. The number of hydrogen-bond acceptors (Lipinski definition) is 2. The van der Waals surface area contributed by atoms with E-state index in [0.29, 0.717) is 12.8 Å². The number of carboxylic acid groups (broad SMARTS) is 1. The molecule has 0 bridgehead atoms. The van der Waals surface area contributed by atoms with E-state index < -0.39 is 5.97 Å². The Morgan fingerprint density at radius 1 is 0.933 bits per heavy atom. The molecule has 15 heavy (non-hydrogen) atoms. The van der Waals surface area contributed by atoms with Crippen LogP contribution >= 0.6 is 0 Å². The van der Waals surface area contributed by atoms with Crippen molar-refractivity contribution in [3.8, 4) is 6.07 Å². The molecule has 0 saturated carbocycles. The van der Waals surface area contributed by atoms with E-state index in [1.54, 1.807) is 0 Å². The van der Waals surface area contributed by atoms with Gasteiger partial charge in [0.15, 0.2) is 0 Å². The summed E-state index contributed by atoms with van der Waals surface area (Å²) in [5.41, 5.74) is 0. The minimum atomic E-state index is -0.688. The summed E-state index contributed by atoms with van der Waals surface area (Å²) in [6.07, 6.45) is 9.78. The van der Waals surface area contributed by atoms with Gasteiger partial charge in [-0.15, -0.1) is 0 Å². The lowest BCUT2D eigenvalue weighted by molar-refractivity contribution is -0.137. The molecule has 0 aliphatic carbocycles. The van der Waals surface area contributed by atoms with Crippen LogP contribution in [-0.2, 0) is 4.79 Å². The molecule has 0 unspecified atom stereocenters. The van der Waals surface area contributed by atoms with Gasteiger partial charge in [0.25, 0.3) is 0 Å². The van der Waals surface area contributed by atoms with Crippen molar-refractivity contribution >= 4 is 5.97 Å². The Bertz CT molecular complexity index is 196. The minimum absolute atomic E-state index is 0.308. The first kappa shape index (κ1) is 14.0. The van der Waals surface area contributed by atoms with Crippen LogP contribution in [0, 0.1) is 11.3 Å². The number of carbonyl (C=O) groups is 1. The van der Waals surface area contributed by atoms with Crippen molar-refractivity contribution in [2.24, 2.45) is 0 Å². The third kappa shape index (κ3) is 13.0. The van der Waals surface area contributed by atoms with Gasteiger partial charge < -0.3 is 5.11 Å². The summed E-state index contributed by atoms with van der Waals surface area (Å²) in [4.78, 5) is 10.2. The summed E-state index contributed by atoms with van der Waals surface area (Å²) >= 11 is 0. The normalized spacial score (nSPS) is 9.80. The predicted octanol–water partition coefficient (Wildman–Crippen LogP) is 3.50. The zero-order valence-electron chi connectivity index (χ0n) is 9.37. The maximum absolute atomic E-state index is 10.2. The lowest BCUT2D eigenvalue weighted by Gasteiger charge is -2.00. The third-order valence-corrected chi connectivity index (χ3v) is 2.43. The zero-order chi connectivity index (χ0) is 11.4. The molecule has 0 aromatic heterocycles. The first-order chi connectivity index (χ1) is 7.27. The van der Waals surface area contributed by atoms with Gasteiger partial charge in [-0.05, 0) is 12.8 Å². The Kier molecular flexibility index (Phi) is 10.3. The number of aliphatic carboxylic acids is 1. The minimum Gasteiger partial charge on any atom is -0.481 e. The maximum Gasteiger partial charge on any atom is 0.303 e. The third-order valence-electron chi connectivity index (χ3n) is 2.43. The Morgan fingerprint density at radius 3 is 1.87 bits per heavy atom. The topological polar surface area (TPSA) is 61.1 Å². The molecule has 3 heteroatoms. The van der Waals surface area contributed by atoms with Gasteiger partial charge in [-0.1, -0.05) is 38.5 Å². The summed E-state index contributed by atoms with van der Waals surface area (Å²) in [5.74, 6) is -0.688. The lowest BCUT2D eigenvalue weighted by atomic mass is 10.1. The molecule has 0 aromatic carbocycles. The Balaban J connectivity index is 2.93. The SMILES string of the molecule is N#CCCCCCCCCCCC(=O)O. The lowest BCUT2D eigenvalue weighted by Crippen LogP contribution is -1.93. The number of nitrogens with zero attached hydrogens (tertiary/aromatic N) is 1. The molecule has 3 nitrogen and oxygen atoms in total. The molecule has 1 N–H and O–H groups in total. The van der Waals surface area contributed by atoms with Gasteiger partial charge in [-0.25, -0.2) is 0 Å². The van der Waals surface area contributed by atoms with Gasteiger partial charge >= 0.3 is 5.97 Å². The van der Waals surface area contributed by atoms with E-state index in [4.69, 9.17) is 10.4 Å². The zero-order valence-corrected chi connectivity index (χ0v) is 9.37. The van der Waals surface area contributed by atoms with Crippen LogP contribution in [0.1, 0.15) is 64.2 Å². The van der Waals surface area contributed by atoms with Crippen LogP contribution < -0.4 is 0 Å². The molecule has 0 spiro atoms. The number of unbranched alkanes of at least 4 members (excludes halogenated alkanes) is 8. The second kappa shape index (κ2) is 11.0. The van der Waals surface area contributed by atoms with Crippen molar-refractivity contribution in [2.45, 2.75) is 64.2 Å². The number of nitriles is 1. The number of hydrogen-bond donors (Lipinski definition) is 1. The fourth-order valence-electron chi connectivity index (χ4n) is 1.54. The summed E-state index contributed by atoms with van der Waals surface area (Å²) in [5, 5.41) is 16.7. The van der Waals surface area contributed by atoms with Gasteiger partial charge in [0.05, 0.1) is 6.07 Å². The fourth-order valence-corrected chi connectivity index (χ4v) is 1.54. The van der Waals surface area contributed by atoms with Gasteiger partial charge in [-0.2, -0.15) is 5.26 Å². The van der Waals surface area contributed by atoms with Crippen molar-refractivity contribution in [1.29, 1.82) is 5.26 Å². The molecule has 0 aliphatic heterocycles. The Hall–Kier alpha value is -1.04. The van der Waals surface area contributed by atoms with E-state index in [0.717, 1.165) is 32.1 Å². The highest BCUT2D eigenvalue weighted by Gasteiger charge is 1.96. The Morgan fingerprint density at radius 2 is 1.40 bits per heavy atom. The summed E-state index contributed by atoms with van der Waals surface area (Å²) in [7, 11) is 0.